The minimum atomic E-state index is -0.987. The number of benzene rings is 1. The van der Waals surface area contributed by atoms with Crippen molar-refractivity contribution < 1.29 is 15.0 Å². The van der Waals surface area contributed by atoms with Crippen molar-refractivity contribution in [2.75, 3.05) is 6.61 Å². The average Bonchev–Trinajstić information content (AvgIpc) is 2.89. The first-order valence-corrected chi connectivity index (χ1v) is 7.60. The molecule has 7 nitrogen and oxygen atoms in total. The maximum Gasteiger partial charge on any atom is 0.317 e. The van der Waals surface area contributed by atoms with E-state index in [0.29, 0.717) is 16.6 Å². The van der Waals surface area contributed by atoms with Gasteiger partial charge in [-0.15, -0.1) is 5.10 Å². The Balaban J connectivity index is 2.16. The van der Waals surface area contributed by atoms with Crippen LogP contribution in [0.1, 0.15) is 12.2 Å². The molecule has 22 heavy (non-hydrogen) atoms. The van der Waals surface area contributed by atoms with Gasteiger partial charge in [-0.1, -0.05) is 23.9 Å². The van der Waals surface area contributed by atoms with E-state index in [-0.39, 0.29) is 13.0 Å². The van der Waals surface area contributed by atoms with Crippen molar-refractivity contribution in [2.45, 2.75) is 23.8 Å². The number of para-hydroxylation sites is 1. The lowest BCUT2D eigenvalue weighted by molar-refractivity contribution is -0.136. The van der Waals surface area contributed by atoms with Gasteiger partial charge in [0.1, 0.15) is 11.1 Å². The number of carbonyl (C=O) groups is 1. The molecule has 0 fully saturated rings. The number of aliphatic carboxylic acids is 1. The maximum absolute atomic E-state index is 11.3. The standard InChI is InChI=1S/C14H14N4O3S/c1-8-15-12-9-4-2-3-5-10(9)16-14(18(12)17-8)22-11(6-7-19)13(20)21/h2-5,11,19H,6-7H2,1H3,(H,20,21)/t11-/m1/s1. The Morgan fingerprint density at radius 2 is 2.14 bits per heavy atom. The lowest BCUT2D eigenvalue weighted by atomic mass is 10.2. The van der Waals surface area contributed by atoms with Gasteiger partial charge in [0.15, 0.2) is 10.8 Å². The molecule has 0 aliphatic carbocycles. The molecule has 2 N–H and O–H groups in total. The number of aromatic nitrogens is 4. The highest BCUT2D eigenvalue weighted by Crippen LogP contribution is 2.28. The Hall–Kier alpha value is -2.19. The number of aliphatic hydroxyl groups excluding tert-OH is 1. The lowest BCUT2D eigenvalue weighted by Gasteiger charge is -2.11. The Kier molecular flexibility index (Phi) is 3.95. The third-order valence-corrected chi connectivity index (χ3v) is 4.37. The lowest BCUT2D eigenvalue weighted by Crippen LogP contribution is -2.18. The van der Waals surface area contributed by atoms with Crippen molar-refractivity contribution in [3.8, 4) is 0 Å². The number of aliphatic hydroxyl groups is 1. The van der Waals surface area contributed by atoms with Crippen molar-refractivity contribution in [3.63, 3.8) is 0 Å². The van der Waals surface area contributed by atoms with Gasteiger partial charge in [-0.05, 0) is 25.5 Å². The van der Waals surface area contributed by atoms with Crippen LogP contribution in [0.3, 0.4) is 0 Å². The zero-order chi connectivity index (χ0) is 15.7. The number of aryl methyl sites for hydroxylation is 1. The van der Waals surface area contributed by atoms with E-state index in [2.05, 4.69) is 15.1 Å². The van der Waals surface area contributed by atoms with Crippen LogP contribution in [0.2, 0.25) is 0 Å². The average molecular weight is 318 g/mol. The molecule has 0 bridgehead atoms. The first kappa shape index (κ1) is 14.7. The quantitative estimate of drug-likeness (QED) is 0.543. The van der Waals surface area contributed by atoms with Gasteiger partial charge in [-0.25, -0.2) is 9.97 Å². The van der Waals surface area contributed by atoms with Crippen LogP contribution in [0.15, 0.2) is 29.4 Å². The highest BCUT2D eigenvalue weighted by Gasteiger charge is 2.22. The van der Waals surface area contributed by atoms with Crippen LogP contribution < -0.4 is 0 Å². The zero-order valence-corrected chi connectivity index (χ0v) is 12.6. The van der Waals surface area contributed by atoms with Gasteiger partial charge in [-0.3, -0.25) is 4.79 Å². The van der Waals surface area contributed by atoms with Gasteiger partial charge in [0.2, 0.25) is 0 Å². The molecule has 0 saturated carbocycles. The summed E-state index contributed by atoms with van der Waals surface area (Å²) in [5.41, 5.74) is 1.39. The second-order valence-corrected chi connectivity index (χ2v) is 5.93. The molecular formula is C14H14N4O3S. The van der Waals surface area contributed by atoms with E-state index in [9.17, 15) is 9.90 Å². The molecule has 0 aliphatic rings. The third kappa shape index (κ3) is 2.62. The van der Waals surface area contributed by atoms with E-state index >= 15 is 0 Å². The number of nitrogens with zero attached hydrogens (tertiary/aromatic N) is 4. The number of carboxylic acid groups (broad SMARTS) is 1. The molecule has 0 unspecified atom stereocenters. The highest BCUT2D eigenvalue weighted by molar-refractivity contribution is 8.00. The predicted molar refractivity (Wildman–Crippen MR) is 82.0 cm³/mol. The summed E-state index contributed by atoms with van der Waals surface area (Å²) in [6.07, 6.45) is 0.143. The number of carboxylic acids is 1. The third-order valence-electron chi connectivity index (χ3n) is 3.17. The fourth-order valence-electron chi connectivity index (χ4n) is 2.19. The number of hydrogen-bond donors (Lipinski definition) is 2. The van der Waals surface area contributed by atoms with E-state index in [1.807, 2.05) is 24.3 Å². The van der Waals surface area contributed by atoms with Gasteiger partial charge in [-0.2, -0.15) is 4.52 Å². The smallest absolute Gasteiger partial charge is 0.317 e. The summed E-state index contributed by atoms with van der Waals surface area (Å²) in [6, 6.07) is 7.52. The summed E-state index contributed by atoms with van der Waals surface area (Å²) in [7, 11) is 0. The topological polar surface area (TPSA) is 101 Å². The van der Waals surface area contributed by atoms with E-state index < -0.39 is 11.2 Å². The number of fused-ring (bicyclic) bond motifs is 3. The Labute approximate surface area is 130 Å². The van der Waals surface area contributed by atoms with E-state index in [1.165, 1.54) is 0 Å². The molecule has 0 radical (unpaired) electrons. The van der Waals surface area contributed by atoms with Gasteiger partial charge in [0, 0.05) is 12.0 Å². The monoisotopic (exact) mass is 318 g/mol. The fourth-order valence-corrected chi connectivity index (χ4v) is 3.14. The largest absolute Gasteiger partial charge is 0.480 e. The minimum absolute atomic E-state index is 0.143. The summed E-state index contributed by atoms with van der Waals surface area (Å²) in [5.74, 6) is -0.395. The van der Waals surface area contributed by atoms with Crippen molar-refractivity contribution in [1.29, 1.82) is 0 Å². The summed E-state index contributed by atoms with van der Waals surface area (Å²) in [5, 5.41) is 23.1. The van der Waals surface area contributed by atoms with Crippen LogP contribution in [0.5, 0.6) is 0 Å². The zero-order valence-electron chi connectivity index (χ0n) is 11.8. The van der Waals surface area contributed by atoms with Crippen LogP contribution >= 0.6 is 11.8 Å². The minimum Gasteiger partial charge on any atom is -0.480 e. The number of hydrogen-bond acceptors (Lipinski definition) is 6. The van der Waals surface area contributed by atoms with Crippen molar-refractivity contribution in [2.24, 2.45) is 0 Å². The molecule has 0 amide bonds. The van der Waals surface area contributed by atoms with E-state index in [1.54, 1.807) is 11.4 Å². The molecule has 3 rings (SSSR count). The SMILES string of the molecule is Cc1nc2c3ccccc3nc(S[C@H](CCO)C(=O)O)n2n1. The number of thioether (sulfide) groups is 1. The first-order valence-electron chi connectivity index (χ1n) is 6.72. The van der Waals surface area contributed by atoms with Crippen molar-refractivity contribution in [3.05, 3.63) is 30.1 Å². The second-order valence-electron chi connectivity index (χ2n) is 4.76. The molecular weight excluding hydrogens is 304 g/mol. The first-order chi connectivity index (χ1) is 10.6. The maximum atomic E-state index is 11.3. The number of rotatable bonds is 5. The predicted octanol–water partition coefficient (Wildman–Crippen LogP) is 1.51. The fraction of sp³-hybridized carbons (Fsp3) is 0.286. The summed E-state index contributed by atoms with van der Waals surface area (Å²) in [6.45, 7) is 1.58. The second kappa shape index (κ2) is 5.90. The van der Waals surface area contributed by atoms with Gasteiger partial charge in [0.05, 0.1) is 5.52 Å². The van der Waals surface area contributed by atoms with Gasteiger partial charge >= 0.3 is 5.97 Å². The van der Waals surface area contributed by atoms with E-state index in [4.69, 9.17) is 5.11 Å². The van der Waals surface area contributed by atoms with Crippen molar-refractivity contribution in [1.82, 2.24) is 19.6 Å². The van der Waals surface area contributed by atoms with Crippen LogP contribution in [0, 0.1) is 6.92 Å². The summed E-state index contributed by atoms with van der Waals surface area (Å²) in [4.78, 5) is 20.2. The molecule has 2 aromatic heterocycles. The molecule has 3 aromatic rings. The molecule has 0 saturated heterocycles. The summed E-state index contributed by atoms with van der Waals surface area (Å²) >= 11 is 1.07. The Bertz CT molecular complexity index is 849. The van der Waals surface area contributed by atoms with Gasteiger partial charge < -0.3 is 10.2 Å². The Morgan fingerprint density at radius 3 is 2.86 bits per heavy atom. The van der Waals surface area contributed by atoms with E-state index in [0.717, 1.165) is 22.7 Å². The normalized spacial score (nSPS) is 12.8. The molecule has 0 spiro atoms. The van der Waals surface area contributed by atoms with Crippen LogP contribution in [-0.4, -0.2) is 47.6 Å². The molecule has 8 heteroatoms. The van der Waals surface area contributed by atoms with Crippen LogP contribution in [0.4, 0.5) is 0 Å². The Morgan fingerprint density at radius 1 is 1.36 bits per heavy atom. The highest BCUT2D eigenvalue weighted by atomic mass is 32.2. The van der Waals surface area contributed by atoms with Crippen LogP contribution in [0.25, 0.3) is 16.6 Å². The van der Waals surface area contributed by atoms with Crippen molar-refractivity contribution >= 4 is 34.3 Å². The van der Waals surface area contributed by atoms with Gasteiger partial charge in [0.25, 0.3) is 0 Å². The molecule has 2 heterocycles. The molecule has 114 valence electrons. The summed E-state index contributed by atoms with van der Waals surface area (Å²) < 4.78 is 1.57. The molecule has 1 aromatic carbocycles. The molecule has 0 aliphatic heterocycles. The van der Waals surface area contributed by atoms with Crippen LogP contribution in [-0.2, 0) is 4.79 Å². The molecule has 1 atom stereocenters.